The fraction of sp³-hybridized carbons (Fsp3) is 0.333. The van der Waals surface area contributed by atoms with E-state index in [0.29, 0.717) is 4.77 Å². The molecule has 0 saturated heterocycles. The van der Waals surface area contributed by atoms with Crippen molar-refractivity contribution in [1.82, 2.24) is 19.3 Å². The molecular formula is C15H17FN4S. The first-order valence-corrected chi connectivity index (χ1v) is 7.39. The average molecular weight is 304 g/mol. The molecule has 1 aromatic carbocycles. The maximum Gasteiger partial charge on any atom is 0.179 e. The summed E-state index contributed by atoms with van der Waals surface area (Å²) in [4.78, 5) is 3.25. The van der Waals surface area contributed by atoms with Crippen LogP contribution in [0.1, 0.15) is 18.2 Å². The number of nitrogens with one attached hydrogen (secondary N) is 1. The highest BCUT2D eigenvalue weighted by molar-refractivity contribution is 7.71. The second-order valence-corrected chi connectivity index (χ2v) is 5.47. The van der Waals surface area contributed by atoms with Gasteiger partial charge in [0, 0.05) is 13.6 Å². The van der Waals surface area contributed by atoms with Crippen LogP contribution in [0.4, 0.5) is 4.39 Å². The van der Waals surface area contributed by atoms with Crippen LogP contribution < -0.4 is 0 Å². The summed E-state index contributed by atoms with van der Waals surface area (Å²) in [5, 5.41) is 4.51. The highest BCUT2D eigenvalue weighted by atomic mass is 32.1. The minimum atomic E-state index is -0.210. The summed E-state index contributed by atoms with van der Waals surface area (Å²) in [6, 6.07) is 6.59. The number of rotatable bonds is 4. The van der Waals surface area contributed by atoms with Crippen molar-refractivity contribution in [2.75, 3.05) is 0 Å². The Morgan fingerprint density at radius 1 is 1.29 bits per heavy atom. The minimum absolute atomic E-state index is 0.210. The molecule has 110 valence electrons. The molecule has 2 aromatic heterocycles. The Bertz CT molecular complexity index is 826. The fourth-order valence-electron chi connectivity index (χ4n) is 2.62. The molecular weight excluding hydrogens is 287 g/mol. The van der Waals surface area contributed by atoms with Crippen LogP contribution in [0.5, 0.6) is 0 Å². The molecule has 21 heavy (non-hydrogen) atoms. The van der Waals surface area contributed by atoms with E-state index in [4.69, 9.17) is 12.2 Å². The highest BCUT2D eigenvalue weighted by Crippen LogP contribution is 2.18. The molecule has 3 aromatic rings. The summed E-state index contributed by atoms with van der Waals surface area (Å²) in [5.41, 5.74) is 4.15. The standard InChI is InChI=1S/C15H17FN4S/c1-3-12-13-14(19(2)18-12)20(15(21)17-13)9-8-10-4-6-11(16)7-5-10/h4-7H,3,8-9H2,1-2H3,(H,17,21). The van der Waals surface area contributed by atoms with Gasteiger partial charge in [-0.1, -0.05) is 19.1 Å². The Kier molecular flexibility index (Phi) is 3.63. The van der Waals surface area contributed by atoms with Crippen molar-refractivity contribution in [2.24, 2.45) is 7.05 Å². The third kappa shape index (κ3) is 2.51. The van der Waals surface area contributed by atoms with Gasteiger partial charge < -0.3 is 9.55 Å². The Labute approximate surface area is 127 Å². The van der Waals surface area contributed by atoms with Gasteiger partial charge in [-0.3, -0.25) is 4.68 Å². The lowest BCUT2D eigenvalue weighted by Crippen LogP contribution is -2.05. The average Bonchev–Trinajstić information content (AvgIpc) is 2.95. The van der Waals surface area contributed by atoms with Crippen LogP contribution in [-0.2, 0) is 26.4 Å². The van der Waals surface area contributed by atoms with Gasteiger partial charge in [-0.05, 0) is 42.8 Å². The monoisotopic (exact) mass is 304 g/mol. The molecule has 6 heteroatoms. The van der Waals surface area contributed by atoms with E-state index in [-0.39, 0.29) is 5.82 Å². The quantitative estimate of drug-likeness (QED) is 0.751. The Morgan fingerprint density at radius 2 is 2.00 bits per heavy atom. The molecule has 0 aliphatic carbocycles. The van der Waals surface area contributed by atoms with E-state index in [2.05, 4.69) is 21.6 Å². The van der Waals surface area contributed by atoms with E-state index in [1.54, 1.807) is 0 Å². The van der Waals surface area contributed by atoms with E-state index in [9.17, 15) is 4.39 Å². The molecule has 0 aliphatic rings. The van der Waals surface area contributed by atoms with Crippen LogP contribution in [0.3, 0.4) is 0 Å². The predicted molar refractivity (Wildman–Crippen MR) is 83.4 cm³/mol. The number of aryl methyl sites for hydroxylation is 4. The number of hydrogen-bond acceptors (Lipinski definition) is 2. The summed E-state index contributed by atoms with van der Waals surface area (Å²) in [5.74, 6) is -0.210. The van der Waals surface area contributed by atoms with Crippen LogP contribution in [0, 0.1) is 10.6 Å². The first-order chi connectivity index (χ1) is 10.1. The first kappa shape index (κ1) is 14.0. The summed E-state index contributed by atoms with van der Waals surface area (Å²) in [6.07, 6.45) is 1.67. The summed E-state index contributed by atoms with van der Waals surface area (Å²) >= 11 is 5.42. The zero-order chi connectivity index (χ0) is 15.0. The van der Waals surface area contributed by atoms with Crippen molar-refractivity contribution in [3.63, 3.8) is 0 Å². The zero-order valence-corrected chi connectivity index (χ0v) is 12.9. The lowest BCUT2D eigenvalue weighted by molar-refractivity contribution is 0.625. The molecule has 1 N–H and O–H groups in total. The van der Waals surface area contributed by atoms with Crippen LogP contribution in [0.2, 0.25) is 0 Å². The third-order valence-electron chi connectivity index (χ3n) is 3.69. The van der Waals surface area contributed by atoms with E-state index in [0.717, 1.165) is 41.8 Å². The number of hydrogen-bond donors (Lipinski definition) is 1. The number of nitrogens with zero attached hydrogens (tertiary/aromatic N) is 3. The number of fused-ring (bicyclic) bond motifs is 1. The molecule has 0 bridgehead atoms. The lowest BCUT2D eigenvalue weighted by atomic mass is 10.1. The number of halogens is 1. The van der Waals surface area contributed by atoms with Gasteiger partial charge in [-0.2, -0.15) is 5.10 Å². The van der Waals surface area contributed by atoms with Gasteiger partial charge in [0.2, 0.25) is 0 Å². The largest absolute Gasteiger partial charge is 0.328 e. The molecule has 0 saturated carbocycles. The number of H-pyrrole nitrogens is 1. The molecule has 4 nitrogen and oxygen atoms in total. The summed E-state index contributed by atoms with van der Waals surface area (Å²) in [7, 11) is 1.93. The van der Waals surface area contributed by atoms with Gasteiger partial charge in [0.15, 0.2) is 10.4 Å². The molecule has 0 amide bonds. The lowest BCUT2D eigenvalue weighted by Gasteiger charge is -2.05. The Hall–Kier alpha value is -1.95. The van der Waals surface area contributed by atoms with Crippen LogP contribution in [-0.4, -0.2) is 19.3 Å². The van der Waals surface area contributed by atoms with Crippen LogP contribution >= 0.6 is 12.2 Å². The fourth-order valence-corrected chi connectivity index (χ4v) is 2.90. The minimum Gasteiger partial charge on any atom is -0.328 e. The van der Waals surface area contributed by atoms with Crippen molar-refractivity contribution < 1.29 is 4.39 Å². The molecule has 0 unspecified atom stereocenters. The van der Waals surface area contributed by atoms with Crippen molar-refractivity contribution in [2.45, 2.75) is 26.3 Å². The zero-order valence-electron chi connectivity index (χ0n) is 12.1. The molecule has 0 atom stereocenters. The van der Waals surface area contributed by atoms with Crippen molar-refractivity contribution >= 4 is 23.4 Å². The van der Waals surface area contributed by atoms with Gasteiger partial charge in [-0.25, -0.2) is 4.39 Å². The van der Waals surface area contributed by atoms with Gasteiger partial charge in [0.05, 0.1) is 5.69 Å². The SMILES string of the molecule is CCc1nn(C)c2c1[nH]c(=S)n2CCc1ccc(F)cc1. The number of benzene rings is 1. The Morgan fingerprint density at radius 3 is 2.67 bits per heavy atom. The molecule has 0 aliphatic heterocycles. The normalized spacial score (nSPS) is 11.4. The van der Waals surface area contributed by atoms with Gasteiger partial charge in [0.25, 0.3) is 0 Å². The maximum absolute atomic E-state index is 12.9. The summed E-state index contributed by atoms with van der Waals surface area (Å²) < 4.78 is 17.6. The van der Waals surface area contributed by atoms with Gasteiger partial charge in [-0.15, -0.1) is 0 Å². The molecule has 0 radical (unpaired) electrons. The van der Waals surface area contributed by atoms with E-state index >= 15 is 0 Å². The second-order valence-electron chi connectivity index (χ2n) is 5.08. The van der Waals surface area contributed by atoms with E-state index in [1.165, 1.54) is 12.1 Å². The molecule has 2 heterocycles. The third-order valence-corrected chi connectivity index (χ3v) is 4.02. The van der Waals surface area contributed by atoms with Crippen LogP contribution in [0.15, 0.2) is 24.3 Å². The van der Waals surface area contributed by atoms with E-state index < -0.39 is 0 Å². The number of aromatic amines is 1. The molecule has 0 fully saturated rings. The number of aromatic nitrogens is 4. The summed E-state index contributed by atoms with van der Waals surface area (Å²) in [6.45, 7) is 2.82. The van der Waals surface area contributed by atoms with Crippen molar-refractivity contribution in [1.29, 1.82) is 0 Å². The van der Waals surface area contributed by atoms with Gasteiger partial charge in [0.1, 0.15) is 11.3 Å². The smallest absolute Gasteiger partial charge is 0.179 e. The Balaban J connectivity index is 1.93. The van der Waals surface area contributed by atoms with E-state index in [1.807, 2.05) is 23.9 Å². The second kappa shape index (κ2) is 5.44. The van der Waals surface area contributed by atoms with Gasteiger partial charge >= 0.3 is 0 Å². The van der Waals surface area contributed by atoms with Crippen molar-refractivity contribution in [3.8, 4) is 0 Å². The first-order valence-electron chi connectivity index (χ1n) is 6.99. The van der Waals surface area contributed by atoms with Crippen LogP contribution in [0.25, 0.3) is 11.2 Å². The molecule has 3 rings (SSSR count). The molecule has 0 spiro atoms. The van der Waals surface area contributed by atoms with Crippen molar-refractivity contribution in [3.05, 3.63) is 46.1 Å². The predicted octanol–water partition coefficient (Wildman–Crippen LogP) is 3.38. The highest BCUT2D eigenvalue weighted by Gasteiger charge is 2.13. The maximum atomic E-state index is 12.9. The topological polar surface area (TPSA) is 38.5 Å². The number of imidazole rings is 1.